The normalized spacial score (nSPS) is 11.1. The molecule has 0 radical (unpaired) electrons. The molecular formula is C25H24N6O6S. The molecule has 2 aromatic heterocycles. The Labute approximate surface area is 218 Å². The first-order valence-electron chi connectivity index (χ1n) is 11.2. The number of nitrogens with one attached hydrogen (secondary N) is 3. The lowest BCUT2D eigenvalue weighted by Crippen LogP contribution is -2.20. The Balaban J connectivity index is 1.56. The van der Waals surface area contributed by atoms with Gasteiger partial charge in [0.05, 0.1) is 25.2 Å². The van der Waals surface area contributed by atoms with Gasteiger partial charge in [0.2, 0.25) is 0 Å². The van der Waals surface area contributed by atoms with Gasteiger partial charge in [0.25, 0.3) is 21.8 Å². The molecule has 4 aromatic rings. The number of carbonyl (C=O) groups excluding carboxylic acids is 2. The zero-order valence-electron chi connectivity index (χ0n) is 20.7. The molecule has 12 nitrogen and oxygen atoms in total. The van der Waals surface area contributed by atoms with Crippen LogP contribution in [0.3, 0.4) is 0 Å². The molecule has 0 aliphatic carbocycles. The third-order valence-electron chi connectivity index (χ3n) is 5.62. The van der Waals surface area contributed by atoms with Crippen molar-refractivity contribution in [1.29, 1.82) is 0 Å². The Hall–Kier alpha value is -4.83. The maximum atomic E-state index is 13.2. The molecule has 0 saturated heterocycles. The SMILES string of the molecule is C#CC(=O)NCc1cnn(Cc2cc(C)c3c(NS(=O)(=O)c4ccc(C(=O)NC)cc4OC)noc3c2)c1. The summed E-state index contributed by atoms with van der Waals surface area (Å²) >= 11 is 0. The number of anilines is 1. The highest BCUT2D eigenvalue weighted by atomic mass is 32.2. The van der Waals surface area contributed by atoms with Crippen molar-refractivity contribution in [2.45, 2.75) is 24.9 Å². The van der Waals surface area contributed by atoms with Gasteiger partial charge in [0, 0.05) is 30.9 Å². The number of aryl methyl sites for hydroxylation is 1. The predicted octanol–water partition coefficient (Wildman–Crippen LogP) is 1.80. The number of rotatable bonds is 9. The number of sulfonamides is 1. The summed E-state index contributed by atoms with van der Waals surface area (Å²) in [5.74, 6) is 1.13. The van der Waals surface area contributed by atoms with Crippen LogP contribution in [-0.2, 0) is 27.9 Å². The maximum absolute atomic E-state index is 13.2. The summed E-state index contributed by atoms with van der Waals surface area (Å²) in [5, 5.41) is 13.8. The first kappa shape index (κ1) is 26.2. The van der Waals surface area contributed by atoms with E-state index in [0.717, 1.165) is 16.7 Å². The van der Waals surface area contributed by atoms with Gasteiger partial charge in [-0.15, -0.1) is 6.42 Å². The molecule has 3 N–H and O–H groups in total. The van der Waals surface area contributed by atoms with Crippen molar-refractivity contribution in [3.05, 3.63) is 65.0 Å². The Morgan fingerprint density at radius 2 is 2.00 bits per heavy atom. The highest BCUT2D eigenvalue weighted by molar-refractivity contribution is 7.92. The molecule has 0 spiro atoms. The van der Waals surface area contributed by atoms with E-state index < -0.39 is 15.9 Å². The van der Waals surface area contributed by atoms with Gasteiger partial charge in [-0.2, -0.15) is 5.10 Å². The molecule has 0 fully saturated rings. The van der Waals surface area contributed by atoms with Crippen LogP contribution in [0.15, 0.2) is 52.1 Å². The second-order valence-corrected chi connectivity index (χ2v) is 9.89. The monoisotopic (exact) mass is 536 g/mol. The van der Waals surface area contributed by atoms with Gasteiger partial charge in [-0.1, -0.05) is 11.2 Å². The van der Waals surface area contributed by atoms with Crippen LogP contribution in [0.2, 0.25) is 0 Å². The average Bonchev–Trinajstić information content (AvgIpc) is 3.52. The van der Waals surface area contributed by atoms with Crippen LogP contribution in [-0.4, -0.2) is 49.3 Å². The van der Waals surface area contributed by atoms with Gasteiger partial charge in [-0.3, -0.25) is 19.0 Å². The molecule has 4 rings (SSSR count). The fraction of sp³-hybridized carbons (Fsp3) is 0.200. The summed E-state index contributed by atoms with van der Waals surface area (Å²) in [6.07, 6.45) is 8.45. The maximum Gasteiger partial charge on any atom is 0.295 e. The standard InChI is InChI=1S/C25H24N6O6S/c1-5-22(32)27-11-17-12-28-31(14-17)13-16-8-15(2)23-20(9-16)37-29-24(23)30-38(34,35)21-7-6-18(25(33)26-3)10-19(21)36-4/h1,6-10,12,14H,11,13H2,2-4H3,(H,26,33)(H,27,32)(H,29,30). The topological polar surface area (TPSA) is 157 Å². The van der Waals surface area contributed by atoms with Gasteiger partial charge in [-0.05, 0) is 48.2 Å². The molecule has 2 aromatic carbocycles. The lowest BCUT2D eigenvalue weighted by molar-refractivity contribution is -0.115. The molecule has 2 heterocycles. The number of methoxy groups -OCH3 is 1. The quantitative estimate of drug-likeness (QED) is 0.273. The van der Waals surface area contributed by atoms with E-state index in [4.69, 9.17) is 15.7 Å². The fourth-order valence-electron chi connectivity index (χ4n) is 3.87. The van der Waals surface area contributed by atoms with Crippen LogP contribution in [0.5, 0.6) is 5.75 Å². The number of nitrogens with zero attached hydrogens (tertiary/aromatic N) is 3. The van der Waals surface area contributed by atoms with Crippen molar-refractivity contribution >= 4 is 38.6 Å². The number of terminal acetylenes is 1. The van der Waals surface area contributed by atoms with Crippen LogP contribution in [0.25, 0.3) is 11.0 Å². The van der Waals surface area contributed by atoms with Crippen molar-refractivity contribution < 1.29 is 27.3 Å². The largest absolute Gasteiger partial charge is 0.495 e. The van der Waals surface area contributed by atoms with Crippen LogP contribution < -0.4 is 20.1 Å². The summed E-state index contributed by atoms with van der Waals surface area (Å²) in [4.78, 5) is 23.0. The van der Waals surface area contributed by atoms with Gasteiger partial charge >= 0.3 is 0 Å². The molecule has 0 atom stereocenters. The minimum atomic E-state index is -4.14. The van der Waals surface area contributed by atoms with Gasteiger partial charge in [0.15, 0.2) is 11.4 Å². The van der Waals surface area contributed by atoms with E-state index >= 15 is 0 Å². The molecule has 13 heteroatoms. The van der Waals surface area contributed by atoms with Crippen molar-refractivity contribution in [1.82, 2.24) is 25.6 Å². The Bertz CT molecular complexity index is 1680. The number of amides is 2. The lowest BCUT2D eigenvalue weighted by Gasteiger charge is -2.12. The lowest BCUT2D eigenvalue weighted by atomic mass is 10.1. The van der Waals surface area contributed by atoms with Crippen molar-refractivity contribution in [3.8, 4) is 18.1 Å². The Kier molecular flexibility index (Phi) is 7.35. The Morgan fingerprint density at radius 1 is 1.21 bits per heavy atom. The highest BCUT2D eigenvalue weighted by Crippen LogP contribution is 2.32. The second kappa shape index (κ2) is 10.7. The highest BCUT2D eigenvalue weighted by Gasteiger charge is 2.24. The number of fused-ring (bicyclic) bond motifs is 1. The minimum Gasteiger partial charge on any atom is -0.495 e. The van der Waals surface area contributed by atoms with Crippen LogP contribution in [0.4, 0.5) is 5.82 Å². The van der Waals surface area contributed by atoms with Crippen LogP contribution in [0, 0.1) is 19.3 Å². The summed E-state index contributed by atoms with van der Waals surface area (Å²) < 4.78 is 41.2. The summed E-state index contributed by atoms with van der Waals surface area (Å²) in [6, 6.07) is 7.63. The number of hydrogen-bond acceptors (Lipinski definition) is 8. The van der Waals surface area contributed by atoms with Gasteiger partial charge < -0.3 is 19.9 Å². The summed E-state index contributed by atoms with van der Waals surface area (Å²) in [7, 11) is -1.35. The molecule has 196 valence electrons. The summed E-state index contributed by atoms with van der Waals surface area (Å²) in [6.45, 7) is 2.46. The third-order valence-corrected chi connectivity index (χ3v) is 7.00. The third kappa shape index (κ3) is 5.45. The molecule has 0 unspecified atom stereocenters. The van der Waals surface area contributed by atoms with E-state index in [1.807, 2.05) is 18.9 Å². The van der Waals surface area contributed by atoms with Crippen molar-refractivity contribution in [2.75, 3.05) is 18.9 Å². The molecule has 0 aliphatic rings. The number of hydrogen-bond donors (Lipinski definition) is 3. The minimum absolute atomic E-state index is 0.00265. The first-order chi connectivity index (χ1) is 18.1. The van der Waals surface area contributed by atoms with Gasteiger partial charge in [0.1, 0.15) is 10.6 Å². The molecule has 38 heavy (non-hydrogen) atoms. The molecule has 0 aliphatic heterocycles. The van der Waals surface area contributed by atoms with E-state index in [9.17, 15) is 18.0 Å². The number of benzene rings is 2. The molecule has 0 bridgehead atoms. The van der Waals surface area contributed by atoms with E-state index in [2.05, 4.69) is 25.6 Å². The van der Waals surface area contributed by atoms with Gasteiger partial charge in [-0.25, -0.2) is 8.42 Å². The molecule has 2 amide bonds. The smallest absolute Gasteiger partial charge is 0.295 e. The number of carbonyl (C=O) groups is 2. The Morgan fingerprint density at radius 3 is 2.71 bits per heavy atom. The first-order valence-corrected chi connectivity index (χ1v) is 12.7. The van der Waals surface area contributed by atoms with E-state index in [-0.39, 0.29) is 34.5 Å². The molecular weight excluding hydrogens is 512 g/mol. The van der Waals surface area contributed by atoms with E-state index in [1.165, 1.54) is 32.4 Å². The average molecular weight is 537 g/mol. The number of ether oxygens (including phenoxy) is 1. The number of aromatic nitrogens is 3. The van der Waals surface area contributed by atoms with Crippen LogP contribution >= 0.6 is 0 Å². The zero-order chi connectivity index (χ0) is 27.4. The van der Waals surface area contributed by atoms with Crippen molar-refractivity contribution in [3.63, 3.8) is 0 Å². The van der Waals surface area contributed by atoms with E-state index in [1.54, 1.807) is 23.1 Å². The predicted molar refractivity (Wildman–Crippen MR) is 138 cm³/mol. The fourth-order valence-corrected chi connectivity index (χ4v) is 5.02. The molecule has 0 saturated carbocycles. The van der Waals surface area contributed by atoms with Crippen molar-refractivity contribution in [2.24, 2.45) is 0 Å². The van der Waals surface area contributed by atoms with E-state index in [0.29, 0.717) is 17.5 Å². The zero-order valence-corrected chi connectivity index (χ0v) is 21.5. The second-order valence-electron chi connectivity index (χ2n) is 8.24. The van der Waals surface area contributed by atoms with Crippen LogP contribution in [0.1, 0.15) is 27.0 Å². The summed E-state index contributed by atoms with van der Waals surface area (Å²) in [5.41, 5.74) is 2.98.